The van der Waals surface area contributed by atoms with Crippen molar-refractivity contribution in [2.24, 2.45) is 0 Å². The molecule has 0 saturated carbocycles. The quantitative estimate of drug-likeness (QED) is 0.652. The summed E-state index contributed by atoms with van der Waals surface area (Å²) < 4.78 is 47.1. The van der Waals surface area contributed by atoms with Crippen molar-refractivity contribution in [3.63, 3.8) is 0 Å². The molecule has 142 valence electrons. The Balaban J connectivity index is 2.13. The fraction of sp³-hybridized carbons (Fsp3) is 0.412. The first-order chi connectivity index (χ1) is 12.3. The Morgan fingerprint density at radius 2 is 1.96 bits per heavy atom. The molecule has 0 aliphatic heterocycles. The Bertz CT molecular complexity index is 729. The lowest BCUT2D eigenvalue weighted by atomic mass is 10.1. The van der Waals surface area contributed by atoms with Crippen LogP contribution in [0.1, 0.15) is 25.3 Å². The zero-order valence-corrected chi connectivity index (χ0v) is 14.7. The van der Waals surface area contributed by atoms with Crippen LogP contribution in [0.25, 0.3) is 11.4 Å². The number of methoxy groups -OCH3 is 1. The molecule has 1 heterocycles. The second-order valence-corrected chi connectivity index (χ2v) is 5.44. The van der Waals surface area contributed by atoms with Gasteiger partial charge in [-0.25, -0.2) is 0 Å². The number of hydroxylamine groups is 2. The summed E-state index contributed by atoms with van der Waals surface area (Å²) >= 11 is 0. The van der Waals surface area contributed by atoms with Crippen LogP contribution >= 0.6 is 0 Å². The molecular weight excluding hydrogens is 351 g/mol. The van der Waals surface area contributed by atoms with Crippen LogP contribution in [0.3, 0.4) is 0 Å². The third-order valence-corrected chi connectivity index (χ3v) is 3.63. The number of hydrogen-bond donors (Lipinski definition) is 0. The molecular formula is C17H20F3N3O3. The largest absolute Gasteiger partial charge is 0.471 e. The highest BCUT2D eigenvalue weighted by molar-refractivity contribution is 5.54. The van der Waals surface area contributed by atoms with Crippen molar-refractivity contribution >= 4 is 0 Å². The first-order valence-electron chi connectivity index (χ1n) is 7.88. The molecule has 1 atom stereocenters. The zero-order valence-electron chi connectivity index (χ0n) is 14.7. The normalized spacial score (nSPS) is 12.8. The monoisotopic (exact) mass is 371 g/mol. The maximum Gasteiger partial charge on any atom is 0.471 e. The van der Waals surface area contributed by atoms with Crippen LogP contribution in [0.4, 0.5) is 13.2 Å². The highest BCUT2D eigenvalue weighted by Crippen LogP contribution is 2.29. The van der Waals surface area contributed by atoms with Crippen LogP contribution in [0.15, 0.2) is 41.1 Å². The third kappa shape index (κ3) is 4.83. The number of rotatable bonds is 8. The van der Waals surface area contributed by atoms with E-state index in [1.807, 2.05) is 13.8 Å². The zero-order chi connectivity index (χ0) is 19.3. The minimum absolute atomic E-state index is 0.122. The topological polar surface area (TPSA) is 60.6 Å². The summed E-state index contributed by atoms with van der Waals surface area (Å²) in [6, 6.07) is 6.73. The van der Waals surface area contributed by atoms with Crippen molar-refractivity contribution in [2.45, 2.75) is 32.7 Å². The summed E-state index contributed by atoms with van der Waals surface area (Å²) in [5, 5.41) is 4.99. The lowest BCUT2D eigenvalue weighted by Crippen LogP contribution is -2.29. The van der Waals surface area contributed by atoms with E-state index in [2.05, 4.69) is 21.2 Å². The Morgan fingerprint density at radius 3 is 2.46 bits per heavy atom. The van der Waals surface area contributed by atoms with Crippen LogP contribution in [-0.4, -0.2) is 35.0 Å². The van der Waals surface area contributed by atoms with Crippen LogP contribution in [0, 0.1) is 0 Å². The lowest BCUT2D eigenvalue weighted by Gasteiger charge is -2.28. The van der Waals surface area contributed by atoms with Gasteiger partial charge in [-0.05, 0) is 19.4 Å². The van der Waals surface area contributed by atoms with E-state index in [9.17, 15) is 13.2 Å². The van der Waals surface area contributed by atoms with Crippen LogP contribution in [0.2, 0.25) is 0 Å². The summed E-state index contributed by atoms with van der Waals surface area (Å²) in [6.07, 6.45) is -4.89. The number of halogens is 3. The standard InChI is InChI=1S/C17H20F3N3O3/c1-5-25-23(11(2)12(3)24-4)10-13-6-8-14(9-7-13)15-21-16(26-22-15)17(18,19)20/h6-9,12H,2,5,10H2,1,3-4H3. The first kappa shape index (κ1) is 19.9. The van der Waals surface area contributed by atoms with E-state index in [1.165, 1.54) is 0 Å². The molecule has 0 radical (unpaired) electrons. The van der Waals surface area contributed by atoms with E-state index in [1.54, 1.807) is 36.4 Å². The minimum Gasteiger partial charge on any atom is -0.375 e. The Hall–Kier alpha value is -2.39. The maximum absolute atomic E-state index is 12.5. The number of hydrogen-bond acceptors (Lipinski definition) is 6. The van der Waals surface area contributed by atoms with Crippen molar-refractivity contribution < 1.29 is 27.3 Å². The van der Waals surface area contributed by atoms with Crippen molar-refractivity contribution in [3.05, 3.63) is 48.0 Å². The average molecular weight is 371 g/mol. The van der Waals surface area contributed by atoms with Gasteiger partial charge in [0.25, 0.3) is 0 Å². The van der Waals surface area contributed by atoms with E-state index >= 15 is 0 Å². The van der Waals surface area contributed by atoms with Gasteiger partial charge in [0, 0.05) is 12.7 Å². The van der Waals surface area contributed by atoms with E-state index in [4.69, 9.17) is 9.57 Å². The predicted octanol–water partition coefficient (Wildman–Crippen LogP) is 4.06. The molecule has 1 aromatic carbocycles. The van der Waals surface area contributed by atoms with E-state index in [0.29, 0.717) is 24.4 Å². The number of benzene rings is 1. The molecule has 0 aliphatic rings. The van der Waals surface area contributed by atoms with Crippen LogP contribution < -0.4 is 0 Å². The fourth-order valence-electron chi connectivity index (χ4n) is 2.11. The van der Waals surface area contributed by atoms with E-state index < -0.39 is 12.1 Å². The number of nitrogens with zero attached hydrogens (tertiary/aromatic N) is 3. The van der Waals surface area contributed by atoms with Gasteiger partial charge in [0.15, 0.2) is 0 Å². The molecule has 0 amide bonds. The van der Waals surface area contributed by atoms with Gasteiger partial charge in [0.2, 0.25) is 5.82 Å². The highest BCUT2D eigenvalue weighted by atomic mass is 19.4. The van der Waals surface area contributed by atoms with Crippen LogP contribution in [0.5, 0.6) is 0 Å². The summed E-state index contributed by atoms with van der Waals surface area (Å²) in [5.74, 6) is -1.49. The second-order valence-electron chi connectivity index (χ2n) is 5.44. The Morgan fingerprint density at radius 1 is 1.31 bits per heavy atom. The molecule has 0 aliphatic carbocycles. The van der Waals surface area contributed by atoms with E-state index in [-0.39, 0.29) is 11.9 Å². The molecule has 26 heavy (non-hydrogen) atoms. The summed E-state index contributed by atoms with van der Waals surface area (Å²) in [4.78, 5) is 8.94. The molecule has 1 aromatic heterocycles. The molecule has 0 fully saturated rings. The van der Waals surface area contributed by atoms with Crippen molar-refractivity contribution in [2.75, 3.05) is 13.7 Å². The van der Waals surface area contributed by atoms with Crippen molar-refractivity contribution in [3.8, 4) is 11.4 Å². The highest BCUT2D eigenvalue weighted by Gasteiger charge is 2.38. The molecule has 9 heteroatoms. The van der Waals surface area contributed by atoms with Crippen LogP contribution in [-0.2, 0) is 22.3 Å². The molecule has 0 bridgehead atoms. The smallest absolute Gasteiger partial charge is 0.375 e. The van der Waals surface area contributed by atoms with Gasteiger partial charge in [-0.1, -0.05) is 36.0 Å². The first-order valence-corrected chi connectivity index (χ1v) is 7.88. The van der Waals surface area contributed by atoms with E-state index in [0.717, 1.165) is 5.56 Å². The minimum atomic E-state index is -4.67. The van der Waals surface area contributed by atoms with Gasteiger partial charge in [-0.3, -0.25) is 9.90 Å². The van der Waals surface area contributed by atoms with Gasteiger partial charge < -0.3 is 9.26 Å². The SMILES string of the molecule is C=C(C(C)OC)N(Cc1ccc(-c2noc(C(F)(F)F)n2)cc1)OCC. The number of ether oxygens (including phenoxy) is 1. The van der Waals surface area contributed by atoms with Crippen molar-refractivity contribution in [1.82, 2.24) is 15.2 Å². The second kappa shape index (κ2) is 8.33. The Labute approximate surface area is 149 Å². The number of alkyl halides is 3. The van der Waals surface area contributed by atoms with Crippen molar-refractivity contribution in [1.29, 1.82) is 0 Å². The third-order valence-electron chi connectivity index (χ3n) is 3.63. The average Bonchev–Trinajstić information content (AvgIpc) is 3.11. The molecule has 2 rings (SSSR count). The van der Waals surface area contributed by atoms with Gasteiger partial charge in [0.1, 0.15) is 0 Å². The molecule has 2 aromatic rings. The summed E-state index contributed by atoms with van der Waals surface area (Å²) in [5.41, 5.74) is 1.94. The fourth-order valence-corrected chi connectivity index (χ4v) is 2.11. The predicted molar refractivity (Wildman–Crippen MR) is 87.5 cm³/mol. The molecule has 0 N–H and O–H groups in total. The molecule has 0 saturated heterocycles. The van der Waals surface area contributed by atoms with Gasteiger partial charge >= 0.3 is 12.1 Å². The maximum atomic E-state index is 12.5. The molecule has 1 unspecified atom stereocenters. The molecule has 0 spiro atoms. The summed E-state index contributed by atoms with van der Waals surface area (Å²) in [6.45, 7) is 8.54. The number of aromatic nitrogens is 2. The van der Waals surface area contributed by atoms with Gasteiger partial charge in [0.05, 0.1) is 25.0 Å². The van der Waals surface area contributed by atoms with Gasteiger partial charge in [-0.15, -0.1) is 0 Å². The molecule has 6 nitrogen and oxygen atoms in total. The Kier molecular flexibility index (Phi) is 6.38. The lowest BCUT2D eigenvalue weighted by molar-refractivity contribution is -0.159. The van der Waals surface area contributed by atoms with Gasteiger partial charge in [-0.2, -0.15) is 18.2 Å². The summed E-state index contributed by atoms with van der Waals surface area (Å²) in [7, 11) is 1.58.